The zero-order valence-corrected chi connectivity index (χ0v) is 3.45. The molecule has 4 heteroatoms. The van der Waals surface area contributed by atoms with Crippen LogP contribution in [-0.4, -0.2) is 11.4 Å². The van der Waals surface area contributed by atoms with Crippen LogP contribution in [0.5, 0.6) is 0 Å². The van der Waals surface area contributed by atoms with Crippen LogP contribution in [0, 0.1) is 0 Å². The molecule has 0 aromatic heterocycles. The highest BCUT2D eigenvalue weighted by Gasteiger charge is 2.22. The van der Waals surface area contributed by atoms with Gasteiger partial charge in [-0.05, 0) is 0 Å². The Bertz CT molecular complexity index is 85.4. The summed E-state index contributed by atoms with van der Waals surface area (Å²) in [5.41, 5.74) is 0. The van der Waals surface area contributed by atoms with Crippen LogP contribution in [0.3, 0.4) is 0 Å². The molecule has 0 saturated carbocycles. The van der Waals surface area contributed by atoms with Crippen molar-refractivity contribution in [2.24, 2.45) is 0 Å². The van der Waals surface area contributed by atoms with Gasteiger partial charge in [0.15, 0.2) is 0 Å². The minimum atomic E-state index is -0.708. The third kappa shape index (κ3) is 0.345. The summed E-state index contributed by atoms with van der Waals surface area (Å²) >= 11 is 4.20. The van der Waals surface area contributed by atoms with Crippen LogP contribution < -0.4 is 0 Å². The van der Waals surface area contributed by atoms with Gasteiger partial charge in [0.2, 0.25) is 0 Å². The topological polar surface area (TPSA) is 35.5 Å². The SMILES string of the molecule is O=C1OC(=S)O1. The van der Waals surface area contributed by atoms with Gasteiger partial charge in [0.1, 0.15) is 0 Å². The van der Waals surface area contributed by atoms with Crippen molar-refractivity contribution in [3.05, 3.63) is 0 Å². The fourth-order valence-corrected chi connectivity index (χ4v) is 0.280. The minimum absolute atomic E-state index is 0.0833. The summed E-state index contributed by atoms with van der Waals surface area (Å²) in [6.45, 7) is 0. The van der Waals surface area contributed by atoms with E-state index in [9.17, 15) is 4.79 Å². The van der Waals surface area contributed by atoms with E-state index in [-0.39, 0.29) is 5.24 Å². The van der Waals surface area contributed by atoms with Gasteiger partial charge < -0.3 is 9.47 Å². The monoisotopic (exact) mass is 104 g/mol. The summed E-state index contributed by atoms with van der Waals surface area (Å²) < 4.78 is 8.02. The summed E-state index contributed by atoms with van der Waals surface area (Å²) in [7, 11) is 0. The van der Waals surface area contributed by atoms with Gasteiger partial charge in [-0.1, -0.05) is 0 Å². The minimum Gasteiger partial charge on any atom is -0.350 e. The third-order valence-electron chi connectivity index (χ3n) is 0.333. The quantitative estimate of drug-likeness (QED) is 0.330. The average Bonchev–Trinajstić information content (AvgIpc) is 1.33. The molecule has 1 aliphatic rings. The first-order chi connectivity index (χ1) is 2.79. The highest BCUT2D eigenvalue weighted by Crippen LogP contribution is 2.00. The molecule has 3 nitrogen and oxygen atoms in total. The predicted octanol–water partition coefficient (Wildman–Crippen LogP) is 0.438. The molecule has 1 rings (SSSR count). The van der Waals surface area contributed by atoms with E-state index in [2.05, 4.69) is 21.7 Å². The van der Waals surface area contributed by atoms with Crippen LogP contribution in [0.4, 0.5) is 4.79 Å². The summed E-state index contributed by atoms with van der Waals surface area (Å²) in [5.74, 6) is 0. The van der Waals surface area contributed by atoms with Crippen LogP contribution in [0.25, 0.3) is 0 Å². The van der Waals surface area contributed by atoms with Gasteiger partial charge in [-0.15, -0.1) is 0 Å². The van der Waals surface area contributed by atoms with E-state index in [0.717, 1.165) is 0 Å². The molecule has 0 atom stereocenters. The van der Waals surface area contributed by atoms with Gasteiger partial charge in [-0.3, -0.25) is 0 Å². The summed E-state index contributed by atoms with van der Waals surface area (Å²) in [6.07, 6.45) is -0.708. The molecule has 0 aromatic carbocycles. The lowest BCUT2D eigenvalue weighted by Gasteiger charge is -2.09. The zero-order valence-electron chi connectivity index (χ0n) is 2.63. The molecule has 0 N–H and O–H groups in total. The van der Waals surface area contributed by atoms with E-state index in [1.54, 1.807) is 0 Å². The summed E-state index contributed by atoms with van der Waals surface area (Å²) in [6, 6.07) is 0. The summed E-state index contributed by atoms with van der Waals surface area (Å²) in [5, 5.41) is -0.0833. The second-order valence-corrected chi connectivity index (χ2v) is 1.04. The molecular weight excluding hydrogens is 104 g/mol. The van der Waals surface area contributed by atoms with Gasteiger partial charge in [0.05, 0.1) is 0 Å². The number of cyclic esters (lactones) is 2. The Morgan fingerprint density at radius 1 is 1.50 bits per heavy atom. The van der Waals surface area contributed by atoms with Crippen molar-refractivity contribution in [3.8, 4) is 0 Å². The molecule has 0 aliphatic carbocycles. The van der Waals surface area contributed by atoms with E-state index in [0.29, 0.717) is 0 Å². The predicted molar refractivity (Wildman–Crippen MR) is 20.2 cm³/mol. The van der Waals surface area contributed by atoms with Crippen LogP contribution >= 0.6 is 12.2 Å². The highest BCUT2D eigenvalue weighted by molar-refractivity contribution is 7.80. The first kappa shape index (κ1) is 3.55. The van der Waals surface area contributed by atoms with Crippen molar-refractivity contribution in [2.45, 2.75) is 0 Å². The Labute approximate surface area is 38.8 Å². The van der Waals surface area contributed by atoms with E-state index >= 15 is 0 Å². The largest absolute Gasteiger partial charge is 0.525 e. The maximum atomic E-state index is 9.58. The van der Waals surface area contributed by atoms with Crippen molar-refractivity contribution >= 4 is 23.6 Å². The average molecular weight is 104 g/mol. The maximum Gasteiger partial charge on any atom is 0.525 e. The Morgan fingerprint density at radius 3 is 2.00 bits per heavy atom. The van der Waals surface area contributed by atoms with E-state index in [1.165, 1.54) is 0 Å². The van der Waals surface area contributed by atoms with E-state index in [1.807, 2.05) is 0 Å². The number of carbonyl (C=O) groups is 1. The molecule has 6 heavy (non-hydrogen) atoms. The van der Waals surface area contributed by atoms with Gasteiger partial charge in [-0.25, -0.2) is 4.79 Å². The number of hydrogen-bond acceptors (Lipinski definition) is 4. The first-order valence-electron chi connectivity index (χ1n) is 1.22. The van der Waals surface area contributed by atoms with Gasteiger partial charge in [0, 0.05) is 12.2 Å². The Balaban J connectivity index is 2.47. The molecule has 0 amide bonds. The lowest BCUT2D eigenvalue weighted by atomic mass is 11.1. The molecule has 1 heterocycles. The fourth-order valence-electron chi connectivity index (χ4n) is 0.144. The smallest absolute Gasteiger partial charge is 0.350 e. The molecule has 0 radical (unpaired) electrons. The van der Waals surface area contributed by atoms with Crippen molar-refractivity contribution in [2.75, 3.05) is 0 Å². The van der Waals surface area contributed by atoms with Crippen molar-refractivity contribution in [1.29, 1.82) is 0 Å². The maximum absolute atomic E-state index is 9.58. The van der Waals surface area contributed by atoms with E-state index < -0.39 is 6.16 Å². The third-order valence-corrected chi connectivity index (χ3v) is 0.500. The molecule has 1 saturated heterocycles. The highest BCUT2D eigenvalue weighted by atomic mass is 32.1. The number of ether oxygens (including phenoxy) is 2. The first-order valence-corrected chi connectivity index (χ1v) is 1.63. The Morgan fingerprint density at radius 2 is 2.00 bits per heavy atom. The number of carbonyl (C=O) groups excluding carboxylic acids is 1. The molecule has 0 bridgehead atoms. The summed E-state index contributed by atoms with van der Waals surface area (Å²) in [4.78, 5) is 9.58. The number of hydrogen-bond donors (Lipinski definition) is 0. The zero-order chi connectivity index (χ0) is 4.57. The Hall–Kier alpha value is -0.640. The number of rotatable bonds is 0. The van der Waals surface area contributed by atoms with Crippen LogP contribution in [0.1, 0.15) is 0 Å². The molecule has 32 valence electrons. The van der Waals surface area contributed by atoms with E-state index in [4.69, 9.17) is 0 Å². The van der Waals surface area contributed by atoms with Crippen molar-refractivity contribution in [1.82, 2.24) is 0 Å². The molecule has 0 aromatic rings. The van der Waals surface area contributed by atoms with Crippen LogP contribution in [0.15, 0.2) is 0 Å². The van der Waals surface area contributed by atoms with Gasteiger partial charge >= 0.3 is 11.4 Å². The van der Waals surface area contributed by atoms with Crippen LogP contribution in [0.2, 0.25) is 0 Å². The second-order valence-electron chi connectivity index (χ2n) is 0.704. The molecule has 0 unspecified atom stereocenters. The normalized spacial score (nSPS) is 18.0. The molecule has 0 spiro atoms. The second kappa shape index (κ2) is 0.909. The standard InChI is InChI=1S/C2O3S/c3-1-4-2(6)5-1. The van der Waals surface area contributed by atoms with Gasteiger partial charge in [-0.2, -0.15) is 0 Å². The van der Waals surface area contributed by atoms with Crippen molar-refractivity contribution in [3.63, 3.8) is 0 Å². The number of thiocarbonyl (C=S) groups is 1. The van der Waals surface area contributed by atoms with Gasteiger partial charge in [0.25, 0.3) is 0 Å². The lowest BCUT2D eigenvalue weighted by molar-refractivity contribution is 0.0766. The Kier molecular flexibility index (Phi) is 0.537. The fraction of sp³-hybridized carbons (Fsp3) is 0. The van der Waals surface area contributed by atoms with Crippen LogP contribution in [-0.2, 0) is 9.47 Å². The molecule has 1 aliphatic heterocycles. The molecular formula is C2O3S. The molecule has 1 fully saturated rings. The van der Waals surface area contributed by atoms with Crippen molar-refractivity contribution < 1.29 is 14.3 Å². The lowest BCUT2D eigenvalue weighted by Crippen LogP contribution is -2.27.